The highest BCUT2D eigenvalue weighted by molar-refractivity contribution is 5.74. The molecule has 1 aromatic heterocycles. The van der Waals surface area contributed by atoms with Gasteiger partial charge < -0.3 is 20.3 Å². The van der Waals surface area contributed by atoms with E-state index in [-0.39, 0.29) is 25.2 Å². The Balaban J connectivity index is 1.89. The van der Waals surface area contributed by atoms with Crippen molar-refractivity contribution in [2.45, 2.75) is 25.9 Å². The first kappa shape index (κ1) is 15.0. The van der Waals surface area contributed by atoms with Crippen molar-refractivity contribution in [3.05, 3.63) is 47.6 Å². The van der Waals surface area contributed by atoms with Crippen LogP contribution in [0, 0.1) is 6.92 Å². The monoisotopic (exact) mass is 290 g/mol. The van der Waals surface area contributed by atoms with E-state index in [9.17, 15) is 4.79 Å². The van der Waals surface area contributed by atoms with Crippen molar-refractivity contribution in [1.82, 2.24) is 20.8 Å². The number of hydrogen-bond acceptors (Lipinski definition) is 5. The van der Waals surface area contributed by atoms with Crippen molar-refractivity contribution in [2.75, 3.05) is 6.61 Å². The number of benzene rings is 1. The molecule has 1 aromatic carbocycles. The van der Waals surface area contributed by atoms with E-state index in [2.05, 4.69) is 20.8 Å². The summed E-state index contributed by atoms with van der Waals surface area (Å²) in [4.78, 5) is 15.9. The first-order valence-corrected chi connectivity index (χ1v) is 6.68. The zero-order valence-electron chi connectivity index (χ0n) is 11.7. The number of hydrogen-bond donors (Lipinski definition) is 3. The van der Waals surface area contributed by atoms with E-state index in [4.69, 9.17) is 9.63 Å². The van der Waals surface area contributed by atoms with Gasteiger partial charge in [-0.15, -0.1) is 0 Å². The van der Waals surface area contributed by atoms with Crippen LogP contribution >= 0.6 is 0 Å². The Bertz CT molecular complexity index is 571. The fourth-order valence-corrected chi connectivity index (χ4v) is 1.92. The molecule has 0 aliphatic rings. The van der Waals surface area contributed by atoms with Gasteiger partial charge in [0.25, 0.3) is 0 Å². The van der Waals surface area contributed by atoms with E-state index in [0.29, 0.717) is 18.1 Å². The van der Waals surface area contributed by atoms with Gasteiger partial charge in [0.2, 0.25) is 5.89 Å². The molecule has 112 valence electrons. The molecule has 2 amide bonds. The standard InChI is InChI=1S/C14H18N4O3/c1-10-16-13(18-21-10)9-15-14(20)17-12(7-8-19)11-5-3-2-4-6-11/h2-6,12,19H,7-9H2,1H3,(H2,15,17,20)/t12-/m1/s1. The third-order valence-corrected chi connectivity index (χ3v) is 2.90. The highest BCUT2D eigenvalue weighted by Gasteiger charge is 2.14. The van der Waals surface area contributed by atoms with Crippen molar-refractivity contribution in [3.63, 3.8) is 0 Å². The molecule has 3 N–H and O–H groups in total. The van der Waals surface area contributed by atoms with Crippen LogP contribution in [-0.4, -0.2) is 27.9 Å². The van der Waals surface area contributed by atoms with Gasteiger partial charge in [0.1, 0.15) is 0 Å². The molecule has 0 bridgehead atoms. The number of aliphatic hydroxyl groups excluding tert-OH is 1. The van der Waals surface area contributed by atoms with E-state index in [1.54, 1.807) is 6.92 Å². The molecule has 0 unspecified atom stereocenters. The second-order valence-electron chi connectivity index (χ2n) is 4.53. The fourth-order valence-electron chi connectivity index (χ4n) is 1.92. The molecule has 0 aliphatic carbocycles. The largest absolute Gasteiger partial charge is 0.396 e. The number of nitrogens with one attached hydrogen (secondary N) is 2. The predicted octanol–water partition coefficient (Wildman–Crippen LogP) is 1.30. The molecule has 0 saturated carbocycles. The summed E-state index contributed by atoms with van der Waals surface area (Å²) in [5, 5.41) is 18.3. The summed E-state index contributed by atoms with van der Waals surface area (Å²) in [7, 11) is 0. The van der Waals surface area contributed by atoms with E-state index < -0.39 is 0 Å². The summed E-state index contributed by atoms with van der Waals surface area (Å²) in [6.07, 6.45) is 0.443. The average Bonchev–Trinajstić information content (AvgIpc) is 2.91. The van der Waals surface area contributed by atoms with Crippen LogP contribution < -0.4 is 10.6 Å². The van der Waals surface area contributed by atoms with Crippen molar-refractivity contribution in [3.8, 4) is 0 Å². The highest BCUT2D eigenvalue weighted by atomic mass is 16.5. The molecule has 0 radical (unpaired) electrons. The van der Waals surface area contributed by atoms with Crippen LogP contribution in [0.1, 0.15) is 29.7 Å². The summed E-state index contributed by atoms with van der Waals surface area (Å²) < 4.78 is 4.82. The number of amides is 2. The molecule has 0 aliphatic heterocycles. The number of aromatic nitrogens is 2. The lowest BCUT2D eigenvalue weighted by Crippen LogP contribution is -2.38. The lowest BCUT2D eigenvalue weighted by Gasteiger charge is -2.18. The molecule has 0 saturated heterocycles. The van der Waals surface area contributed by atoms with Crippen LogP contribution in [0.3, 0.4) is 0 Å². The van der Waals surface area contributed by atoms with Crippen LogP contribution in [0.5, 0.6) is 0 Å². The molecule has 21 heavy (non-hydrogen) atoms. The molecule has 0 spiro atoms. The van der Waals surface area contributed by atoms with E-state index in [0.717, 1.165) is 5.56 Å². The Labute approximate surface area is 122 Å². The minimum absolute atomic E-state index is 0.0100. The van der Waals surface area contributed by atoms with Gasteiger partial charge in [-0.05, 0) is 12.0 Å². The average molecular weight is 290 g/mol. The van der Waals surface area contributed by atoms with Crippen LogP contribution in [0.4, 0.5) is 4.79 Å². The SMILES string of the molecule is Cc1nc(CNC(=O)N[C@H](CCO)c2ccccc2)no1. The number of rotatable bonds is 6. The molecule has 2 aromatic rings. The number of aryl methyl sites for hydroxylation is 1. The second-order valence-corrected chi connectivity index (χ2v) is 4.53. The maximum absolute atomic E-state index is 11.9. The summed E-state index contributed by atoms with van der Waals surface area (Å²) in [6, 6.07) is 8.90. The van der Waals surface area contributed by atoms with Crippen LogP contribution in [0.2, 0.25) is 0 Å². The molecular weight excluding hydrogens is 272 g/mol. The highest BCUT2D eigenvalue weighted by Crippen LogP contribution is 2.15. The quantitative estimate of drug-likeness (QED) is 0.744. The van der Waals surface area contributed by atoms with Gasteiger partial charge in [-0.2, -0.15) is 4.98 Å². The Morgan fingerprint density at radius 3 is 2.76 bits per heavy atom. The maximum Gasteiger partial charge on any atom is 0.315 e. The third kappa shape index (κ3) is 4.57. The molecule has 0 fully saturated rings. The zero-order valence-corrected chi connectivity index (χ0v) is 11.7. The number of carbonyl (C=O) groups is 1. The maximum atomic E-state index is 11.9. The van der Waals surface area contributed by atoms with Gasteiger partial charge in [0.15, 0.2) is 5.82 Å². The normalized spacial score (nSPS) is 11.9. The van der Waals surface area contributed by atoms with Gasteiger partial charge >= 0.3 is 6.03 Å². The predicted molar refractivity (Wildman–Crippen MR) is 75.3 cm³/mol. The van der Waals surface area contributed by atoms with Gasteiger partial charge in [0, 0.05) is 13.5 Å². The molecule has 7 nitrogen and oxygen atoms in total. The lowest BCUT2D eigenvalue weighted by atomic mass is 10.0. The number of carbonyl (C=O) groups excluding carboxylic acids is 1. The summed E-state index contributed by atoms with van der Waals surface area (Å²) in [6.45, 7) is 1.86. The number of urea groups is 1. The fraction of sp³-hybridized carbons (Fsp3) is 0.357. The Morgan fingerprint density at radius 2 is 2.14 bits per heavy atom. The first-order chi connectivity index (χ1) is 10.2. The third-order valence-electron chi connectivity index (χ3n) is 2.90. The van der Waals surface area contributed by atoms with Crippen LogP contribution in [0.25, 0.3) is 0 Å². The minimum Gasteiger partial charge on any atom is -0.396 e. The van der Waals surface area contributed by atoms with E-state index >= 15 is 0 Å². The molecule has 7 heteroatoms. The van der Waals surface area contributed by atoms with Crippen molar-refractivity contribution in [2.24, 2.45) is 0 Å². The van der Waals surface area contributed by atoms with Crippen molar-refractivity contribution in [1.29, 1.82) is 0 Å². The van der Waals surface area contributed by atoms with Gasteiger partial charge in [-0.3, -0.25) is 0 Å². The Hall–Kier alpha value is -2.41. The van der Waals surface area contributed by atoms with Crippen molar-refractivity contribution < 1.29 is 14.4 Å². The van der Waals surface area contributed by atoms with Gasteiger partial charge in [0.05, 0.1) is 12.6 Å². The summed E-state index contributed by atoms with van der Waals surface area (Å²) >= 11 is 0. The summed E-state index contributed by atoms with van der Waals surface area (Å²) in [5.41, 5.74) is 0.942. The summed E-state index contributed by atoms with van der Waals surface area (Å²) in [5.74, 6) is 0.871. The van der Waals surface area contributed by atoms with Gasteiger partial charge in [-0.1, -0.05) is 35.5 Å². The van der Waals surface area contributed by atoms with Crippen molar-refractivity contribution >= 4 is 6.03 Å². The van der Waals surface area contributed by atoms with Gasteiger partial charge in [-0.25, -0.2) is 4.79 Å². The molecular formula is C14H18N4O3. The second kappa shape index (κ2) is 7.39. The Morgan fingerprint density at radius 1 is 1.38 bits per heavy atom. The van der Waals surface area contributed by atoms with E-state index in [1.807, 2.05) is 30.3 Å². The van der Waals surface area contributed by atoms with Crippen LogP contribution in [0.15, 0.2) is 34.9 Å². The zero-order chi connectivity index (χ0) is 15.1. The molecule has 2 rings (SSSR count). The first-order valence-electron chi connectivity index (χ1n) is 6.68. The van der Waals surface area contributed by atoms with E-state index in [1.165, 1.54) is 0 Å². The topological polar surface area (TPSA) is 100 Å². The minimum atomic E-state index is -0.347. The molecule has 1 heterocycles. The molecule has 1 atom stereocenters. The smallest absolute Gasteiger partial charge is 0.315 e. The van der Waals surface area contributed by atoms with Crippen LogP contribution in [-0.2, 0) is 6.54 Å². The Kier molecular flexibility index (Phi) is 5.28. The number of nitrogens with zero attached hydrogens (tertiary/aromatic N) is 2. The number of aliphatic hydroxyl groups is 1. The lowest BCUT2D eigenvalue weighted by molar-refractivity contribution is 0.228.